The highest BCUT2D eigenvalue weighted by Gasteiger charge is 2.00. The fraction of sp³-hybridized carbons (Fsp3) is 0.250. The summed E-state index contributed by atoms with van der Waals surface area (Å²) >= 11 is 5.87. The van der Waals surface area contributed by atoms with Crippen molar-refractivity contribution in [1.82, 2.24) is 0 Å². The second-order valence-corrected chi connectivity index (χ2v) is 5.24. The maximum absolute atomic E-state index is 5.87. The van der Waals surface area contributed by atoms with E-state index in [1.807, 2.05) is 19.1 Å². The fourth-order valence-corrected chi connectivity index (χ4v) is 2.13. The third-order valence-corrected chi connectivity index (χ3v) is 3.15. The van der Waals surface area contributed by atoms with Crippen LogP contribution in [0.25, 0.3) is 0 Å². The second-order valence-electron chi connectivity index (χ2n) is 4.80. The fourth-order valence-electron chi connectivity index (χ4n) is 2.00. The molecule has 0 radical (unpaired) electrons. The summed E-state index contributed by atoms with van der Waals surface area (Å²) in [6.07, 6.45) is 1.87. The summed E-state index contributed by atoms with van der Waals surface area (Å²) < 4.78 is 0. The molecule has 0 saturated heterocycles. The number of hydrogen-bond acceptors (Lipinski definition) is 1. The molecule has 0 heterocycles. The summed E-state index contributed by atoms with van der Waals surface area (Å²) in [6, 6.07) is 16.9. The van der Waals surface area contributed by atoms with E-state index in [1.54, 1.807) is 0 Å². The first-order valence-corrected chi connectivity index (χ1v) is 6.59. The summed E-state index contributed by atoms with van der Waals surface area (Å²) in [5.74, 6) is 0. The Hall–Kier alpha value is -1.31. The maximum Gasteiger partial charge on any atom is 0.0406 e. The molecule has 0 aromatic heterocycles. The summed E-state index contributed by atoms with van der Waals surface area (Å²) in [7, 11) is 0. The molecule has 0 aliphatic rings. The van der Waals surface area contributed by atoms with Gasteiger partial charge in [0.15, 0.2) is 0 Å². The minimum atomic E-state index is 0.215. The van der Waals surface area contributed by atoms with E-state index in [4.69, 9.17) is 17.3 Å². The van der Waals surface area contributed by atoms with Crippen LogP contribution in [0, 0.1) is 0 Å². The number of nitrogens with two attached hydrogens (primary N) is 1. The summed E-state index contributed by atoms with van der Waals surface area (Å²) in [4.78, 5) is 0. The Kier molecular flexibility index (Phi) is 4.40. The van der Waals surface area contributed by atoms with Crippen LogP contribution in [0.5, 0.6) is 0 Å². The van der Waals surface area contributed by atoms with Gasteiger partial charge in [-0.3, -0.25) is 0 Å². The van der Waals surface area contributed by atoms with Crippen molar-refractivity contribution >= 4 is 11.6 Å². The molecule has 2 heteroatoms. The zero-order valence-corrected chi connectivity index (χ0v) is 11.3. The predicted molar refractivity (Wildman–Crippen MR) is 78.1 cm³/mol. The van der Waals surface area contributed by atoms with Crippen LogP contribution in [0.4, 0.5) is 0 Å². The van der Waals surface area contributed by atoms with Gasteiger partial charge >= 0.3 is 0 Å². The molecular formula is C16H18ClN. The Morgan fingerprint density at radius 1 is 0.889 bits per heavy atom. The standard InChI is InChI=1S/C16H18ClN/c1-12(18)10-13-2-4-14(5-3-13)11-15-6-8-16(17)9-7-15/h2-9,12H,10-11,18H2,1H3. The van der Waals surface area contributed by atoms with Gasteiger partial charge in [0.1, 0.15) is 0 Å². The van der Waals surface area contributed by atoms with Crippen molar-refractivity contribution in [2.24, 2.45) is 5.73 Å². The van der Waals surface area contributed by atoms with Crippen molar-refractivity contribution in [1.29, 1.82) is 0 Å². The minimum absolute atomic E-state index is 0.215. The number of hydrogen-bond donors (Lipinski definition) is 1. The normalized spacial score (nSPS) is 12.4. The van der Waals surface area contributed by atoms with E-state index in [1.165, 1.54) is 16.7 Å². The molecule has 2 rings (SSSR count). The van der Waals surface area contributed by atoms with Gasteiger partial charge in [0.25, 0.3) is 0 Å². The van der Waals surface area contributed by atoms with Crippen LogP contribution in [0.15, 0.2) is 48.5 Å². The highest BCUT2D eigenvalue weighted by atomic mass is 35.5. The van der Waals surface area contributed by atoms with Crippen LogP contribution in [0.2, 0.25) is 5.02 Å². The Labute approximate surface area is 114 Å². The number of benzene rings is 2. The molecule has 0 aliphatic carbocycles. The molecule has 0 spiro atoms. The van der Waals surface area contributed by atoms with Crippen LogP contribution in [0.3, 0.4) is 0 Å². The Bertz CT molecular complexity index is 486. The zero-order valence-electron chi connectivity index (χ0n) is 10.6. The minimum Gasteiger partial charge on any atom is -0.328 e. The Balaban J connectivity index is 2.04. The highest BCUT2D eigenvalue weighted by molar-refractivity contribution is 6.30. The monoisotopic (exact) mass is 259 g/mol. The van der Waals surface area contributed by atoms with E-state index < -0.39 is 0 Å². The SMILES string of the molecule is CC(N)Cc1ccc(Cc2ccc(Cl)cc2)cc1. The van der Waals surface area contributed by atoms with Crippen molar-refractivity contribution in [3.8, 4) is 0 Å². The lowest BCUT2D eigenvalue weighted by molar-refractivity contribution is 0.738. The molecule has 1 atom stereocenters. The lowest BCUT2D eigenvalue weighted by atomic mass is 10.0. The first-order chi connectivity index (χ1) is 8.63. The van der Waals surface area contributed by atoms with Gasteiger partial charge in [-0.25, -0.2) is 0 Å². The number of halogens is 1. The van der Waals surface area contributed by atoms with Crippen molar-refractivity contribution in [2.45, 2.75) is 25.8 Å². The molecule has 94 valence electrons. The molecule has 0 fully saturated rings. The second kappa shape index (κ2) is 6.03. The van der Waals surface area contributed by atoms with E-state index in [0.717, 1.165) is 17.9 Å². The van der Waals surface area contributed by atoms with Crippen molar-refractivity contribution in [2.75, 3.05) is 0 Å². The Morgan fingerprint density at radius 3 is 1.83 bits per heavy atom. The van der Waals surface area contributed by atoms with Gasteiger partial charge in [-0.15, -0.1) is 0 Å². The van der Waals surface area contributed by atoms with Crippen molar-refractivity contribution in [3.63, 3.8) is 0 Å². The van der Waals surface area contributed by atoms with Crippen LogP contribution >= 0.6 is 11.6 Å². The molecule has 18 heavy (non-hydrogen) atoms. The smallest absolute Gasteiger partial charge is 0.0406 e. The van der Waals surface area contributed by atoms with Crippen molar-refractivity contribution in [3.05, 3.63) is 70.2 Å². The molecule has 2 N–H and O–H groups in total. The summed E-state index contributed by atoms with van der Waals surface area (Å²) in [6.45, 7) is 2.03. The summed E-state index contributed by atoms with van der Waals surface area (Å²) in [5, 5.41) is 0.783. The average molecular weight is 260 g/mol. The van der Waals surface area contributed by atoms with Gasteiger partial charge < -0.3 is 5.73 Å². The quantitative estimate of drug-likeness (QED) is 0.888. The molecule has 1 nitrogen and oxygen atoms in total. The predicted octanol–water partition coefficient (Wildman–Crippen LogP) is 3.82. The van der Waals surface area contributed by atoms with Crippen LogP contribution in [-0.4, -0.2) is 6.04 Å². The zero-order chi connectivity index (χ0) is 13.0. The van der Waals surface area contributed by atoms with E-state index in [2.05, 4.69) is 36.4 Å². The van der Waals surface area contributed by atoms with Gasteiger partial charge in [-0.1, -0.05) is 48.0 Å². The molecule has 1 unspecified atom stereocenters. The maximum atomic E-state index is 5.87. The van der Waals surface area contributed by atoms with Crippen molar-refractivity contribution < 1.29 is 0 Å². The van der Waals surface area contributed by atoms with Gasteiger partial charge in [-0.2, -0.15) is 0 Å². The molecule has 0 bridgehead atoms. The lowest BCUT2D eigenvalue weighted by Gasteiger charge is -2.07. The lowest BCUT2D eigenvalue weighted by Crippen LogP contribution is -2.17. The first kappa shape index (κ1) is 13.1. The third-order valence-electron chi connectivity index (χ3n) is 2.90. The van der Waals surface area contributed by atoms with Crippen LogP contribution in [0.1, 0.15) is 23.6 Å². The van der Waals surface area contributed by atoms with Gasteiger partial charge in [0, 0.05) is 11.1 Å². The average Bonchev–Trinajstić information content (AvgIpc) is 2.34. The highest BCUT2D eigenvalue weighted by Crippen LogP contribution is 2.14. The summed E-state index contributed by atoms with van der Waals surface area (Å²) in [5.41, 5.74) is 9.67. The van der Waals surface area contributed by atoms with E-state index in [9.17, 15) is 0 Å². The van der Waals surface area contributed by atoms with E-state index in [0.29, 0.717) is 0 Å². The molecule has 2 aromatic carbocycles. The number of rotatable bonds is 4. The topological polar surface area (TPSA) is 26.0 Å². The van der Waals surface area contributed by atoms with E-state index in [-0.39, 0.29) is 6.04 Å². The largest absolute Gasteiger partial charge is 0.328 e. The molecule has 2 aromatic rings. The first-order valence-electron chi connectivity index (χ1n) is 6.21. The van der Waals surface area contributed by atoms with E-state index >= 15 is 0 Å². The van der Waals surface area contributed by atoms with Crippen LogP contribution < -0.4 is 5.73 Å². The molecular weight excluding hydrogens is 242 g/mol. The molecule has 0 saturated carbocycles. The molecule has 0 amide bonds. The Morgan fingerprint density at radius 2 is 1.33 bits per heavy atom. The molecule has 0 aliphatic heterocycles. The van der Waals surface area contributed by atoms with Gasteiger partial charge in [0.2, 0.25) is 0 Å². The third kappa shape index (κ3) is 3.86. The van der Waals surface area contributed by atoms with Crippen LogP contribution in [-0.2, 0) is 12.8 Å². The van der Waals surface area contributed by atoms with Gasteiger partial charge in [0.05, 0.1) is 0 Å². The van der Waals surface area contributed by atoms with Gasteiger partial charge in [-0.05, 0) is 48.6 Å².